The molecule has 15 heavy (non-hydrogen) atoms. The number of nitrogens with one attached hydrogen (secondary N) is 1. The maximum atomic E-state index is 11.4. The molecule has 0 radical (unpaired) electrons. The summed E-state index contributed by atoms with van der Waals surface area (Å²) in [5.74, 6) is 1.86. The molecular formula is C11H24N2OS. The van der Waals surface area contributed by atoms with Crippen LogP contribution in [-0.2, 0) is 4.79 Å². The molecular weight excluding hydrogens is 208 g/mol. The lowest BCUT2D eigenvalue weighted by Gasteiger charge is -2.09. The molecule has 0 saturated heterocycles. The Hall–Kier alpha value is -0.220. The zero-order valence-electron chi connectivity index (χ0n) is 9.92. The molecule has 0 saturated carbocycles. The van der Waals surface area contributed by atoms with E-state index in [0.717, 1.165) is 38.1 Å². The van der Waals surface area contributed by atoms with E-state index in [0.29, 0.717) is 12.3 Å². The van der Waals surface area contributed by atoms with Crippen LogP contribution in [-0.4, -0.2) is 31.0 Å². The Labute approximate surface area is 97.6 Å². The molecule has 0 aliphatic carbocycles. The Bertz CT molecular complexity index is 165. The van der Waals surface area contributed by atoms with Crippen LogP contribution in [0.1, 0.15) is 32.6 Å². The van der Waals surface area contributed by atoms with Crippen LogP contribution in [0.5, 0.6) is 0 Å². The molecule has 3 N–H and O–H groups in total. The quantitative estimate of drug-likeness (QED) is 0.594. The highest BCUT2D eigenvalue weighted by Crippen LogP contribution is 2.08. The number of hydrogen-bond acceptors (Lipinski definition) is 3. The molecule has 0 bridgehead atoms. The first-order valence-corrected chi connectivity index (χ1v) is 7.05. The largest absolute Gasteiger partial charge is 0.356 e. The number of amides is 1. The molecule has 1 amide bonds. The molecule has 90 valence electrons. The van der Waals surface area contributed by atoms with E-state index in [2.05, 4.69) is 18.5 Å². The van der Waals surface area contributed by atoms with Crippen LogP contribution in [0, 0.1) is 5.92 Å². The monoisotopic (exact) mass is 232 g/mol. The summed E-state index contributed by atoms with van der Waals surface area (Å²) >= 11 is 1.81. The minimum Gasteiger partial charge on any atom is -0.356 e. The molecule has 1 atom stereocenters. The Morgan fingerprint density at radius 2 is 2.20 bits per heavy atom. The van der Waals surface area contributed by atoms with Crippen LogP contribution < -0.4 is 11.1 Å². The van der Waals surface area contributed by atoms with Crippen LogP contribution in [0.15, 0.2) is 0 Å². The third kappa shape index (κ3) is 10.1. The van der Waals surface area contributed by atoms with E-state index in [1.807, 2.05) is 11.8 Å². The van der Waals surface area contributed by atoms with Crippen molar-refractivity contribution in [3.05, 3.63) is 0 Å². The summed E-state index contributed by atoms with van der Waals surface area (Å²) in [4.78, 5) is 11.4. The van der Waals surface area contributed by atoms with Crippen molar-refractivity contribution in [3.8, 4) is 0 Å². The van der Waals surface area contributed by atoms with Crippen LogP contribution in [0.2, 0.25) is 0 Å². The lowest BCUT2D eigenvalue weighted by Crippen LogP contribution is -2.25. The first kappa shape index (κ1) is 14.8. The molecule has 0 spiro atoms. The molecule has 0 fully saturated rings. The van der Waals surface area contributed by atoms with Gasteiger partial charge in [-0.05, 0) is 43.7 Å². The minimum atomic E-state index is 0.181. The zero-order chi connectivity index (χ0) is 11.5. The molecule has 0 aliphatic rings. The second-order valence-corrected chi connectivity index (χ2v) is 4.90. The smallest absolute Gasteiger partial charge is 0.220 e. The Morgan fingerprint density at radius 3 is 2.80 bits per heavy atom. The van der Waals surface area contributed by atoms with Crippen molar-refractivity contribution in [3.63, 3.8) is 0 Å². The van der Waals surface area contributed by atoms with E-state index in [4.69, 9.17) is 5.73 Å². The molecule has 0 aliphatic heterocycles. The first-order chi connectivity index (χ1) is 7.20. The van der Waals surface area contributed by atoms with Crippen molar-refractivity contribution >= 4 is 17.7 Å². The van der Waals surface area contributed by atoms with E-state index in [1.165, 1.54) is 0 Å². The SMILES string of the molecule is CSCCCNC(=O)CCC(C)CCN. The van der Waals surface area contributed by atoms with Gasteiger partial charge >= 0.3 is 0 Å². The van der Waals surface area contributed by atoms with Gasteiger partial charge in [0.25, 0.3) is 0 Å². The molecule has 0 heterocycles. The van der Waals surface area contributed by atoms with Crippen LogP contribution >= 0.6 is 11.8 Å². The first-order valence-electron chi connectivity index (χ1n) is 5.66. The van der Waals surface area contributed by atoms with Crippen LogP contribution in [0.25, 0.3) is 0 Å². The van der Waals surface area contributed by atoms with Crippen molar-refractivity contribution in [1.82, 2.24) is 5.32 Å². The van der Waals surface area contributed by atoms with Crippen LogP contribution in [0.3, 0.4) is 0 Å². The van der Waals surface area contributed by atoms with Crippen molar-refractivity contribution in [1.29, 1.82) is 0 Å². The maximum Gasteiger partial charge on any atom is 0.220 e. The normalized spacial score (nSPS) is 12.5. The van der Waals surface area contributed by atoms with Gasteiger partial charge in [0.2, 0.25) is 5.91 Å². The second kappa shape index (κ2) is 10.3. The lowest BCUT2D eigenvalue weighted by molar-refractivity contribution is -0.121. The van der Waals surface area contributed by atoms with Crippen molar-refractivity contribution in [2.75, 3.05) is 25.1 Å². The molecule has 0 aromatic carbocycles. The highest BCUT2D eigenvalue weighted by atomic mass is 32.2. The Balaban J connectivity index is 3.32. The predicted molar refractivity (Wildman–Crippen MR) is 68.1 cm³/mol. The third-order valence-electron chi connectivity index (χ3n) is 2.37. The zero-order valence-corrected chi connectivity index (χ0v) is 10.7. The molecule has 1 unspecified atom stereocenters. The van der Waals surface area contributed by atoms with Gasteiger partial charge in [-0.2, -0.15) is 11.8 Å². The number of carbonyl (C=O) groups excluding carboxylic acids is 1. The topological polar surface area (TPSA) is 55.1 Å². The number of carbonyl (C=O) groups is 1. The summed E-state index contributed by atoms with van der Waals surface area (Å²) in [5, 5.41) is 2.93. The molecule has 0 aromatic heterocycles. The summed E-state index contributed by atoms with van der Waals surface area (Å²) < 4.78 is 0. The maximum absolute atomic E-state index is 11.4. The Morgan fingerprint density at radius 1 is 1.47 bits per heavy atom. The van der Waals surface area contributed by atoms with Gasteiger partial charge in [0, 0.05) is 13.0 Å². The van der Waals surface area contributed by atoms with Gasteiger partial charge in [0.15, 0.2) is 0 Å². The standard InChI is InChI=1S/C11H24N2OS/c1-10(6-7-12)4-5-11(14)13-8-3-9-15-2/h10H,3-9,12H2,1-2H3,(H,13,14). The van der Waals surface area contributed by atoms with Gasteiger partial charge in [0.1, 0.15) is 0 Å². The van der Waals surface area contributed by atoms with E-state index in [1.54, 1.807) is 0 Å². The summed E-state index contributed by atoms with van der Waals surface area (Å²) in [7, 11) is 0. The lowest BCUT2D eigenvalue weighted by atomic mass is 10.0. The van der Waals surface area contributed by atoms with E-state index < -0.39 is 0 Å². The fourth-order valence-electron chi connectivity index (χ4n) is 1.34. The van der Waals surface area contributed by atoms with Crippen molar-refractivity contribution in [2.24, 2.45) is 11.7 Å². The molecule has 3 nitrogen and oxygen atoms in total. The van der Waals surface area contributed by atoms with Gasteiger partial charge in [-0.1, -0.05) is 6.92 Å². The molecule has 0 rings (SSSR count). The summed E-state index contributed by atoms with van der Waals surface area (Å²) in [6, 6.07) is 0. The van der Waals surface area contributed by atoms with E-state index >= 15 is 0 Å². The van der Waals surface area contributed by atoms with Gasteiger partial charge in [-0.3, -0.25) is 4.79 Å². The van der Waals surface area contributed by atoms with Crippen LogP contribution in [0.4, 0.5) is 0 Å². The van der Waals surface area contributed by atoms with Gasteiger partial charge in [0.05, 0.1) is 0 Å². The number of rotatable bonds is 9. The highest BCUT2D eigenvalue weighted by Gasteiger charge is 2.05. The number of thioether (sulfide) groups is 1. The fraction of sp³-hybridized carbons (Fsp3) is 0.909. The van der Waals surface area contributed by atoms with Crippen molar-refractivity contribution < 1.29 is 4.79 Å². The summed E-state index contributed by atoms with van der Waals surface area (Å²) in [6.45, 7) is 3.68. The second-order valence-electron chi connectivity index (χ2n) is 3.92. The van der Waals surface area contributed by atoms with E-state index in [-0.39, 0.29) is 5.91 Å². The number of hydrogen-bond donors (Lipinski definition) is 2. The molecule has 0 aromatic rings. The summed E-state index contributed by atoms with van der Waals surface area (Å²) in [5.41, 5.74) is 5.45. The van der Waals surface area contributed by atoms with Crippen molar-refractivity contribution in [2.45, 2.75) is 32.6 Å². The summed E-state index contributed by atoms with van der Waals surface area (Å²) in [6.07, 6.45) is 5.74. The fourth-order valence-corrected chi connectivity index (χ4v) is 1.77. The van der Waals surface area contributed by atoms with E-state index in [9.17, 15) is 4.79 Å². The average molecular weight is 232 g/mol. The predicted octanol–water partition coefficient (Wildman–Crippen LogP) is 1.62. The van der Waals surface area contributed by atoms with Gasteiger partial charge < -0.3 is 11.1 Å². The third-order valence-corrected chi connectivity index (χ3v) is 3.07. The minimum absolute atomic E-state index is 0.181. The molecule has 4 heteroatoms. The van der Waals surface area contributed by atoms with Gasteiger partial charge in [-0.25, -0.2) is 0 Å². The highest BCUT2D eigenvalue weighted by molar-refractivity contribution is 7.98. The average Bonchev–Trinajstić information content (AvgIpc) is 2.22. The Kier molecular flexibility index (Phi) is 10.2. The van der Waals surface area contributed by atoms with Gasteiger partial charge in [-0.15, -0.1) is 0 Å². The number of nitrogens with two attached hydrogens (primary N) is 1.